The Labute approximate surface area is 315 Å². The van der Waals surface area contributed by atoms with Crippen LogP contribution in [0.25, 0.3) is 0 Å². The average molecular weight is 760 g/mol. The van der Waals surface area contributed by atoms with Crippen LogP contribution >= 0.6 is 7.82 Å². The molecule has 0 fully saturated rings. The van der Waals surface area contributed by atoms with Gasteiger partial charge in [-0.25, -0.2) is 4.57 Å². The number of carboxylic acid groups (broad SMARTS) is 1. The number of nitrogens with two attached hydrogens (primary N) is 1. The van der Waals surface area contributed by atoms with Gasteiger partial charge in [0.05, 0.1) is 13.2 Å². The van der Waals surface area contributed by atoms with Crippen molar-refractivity contribution in [2.24, 2.45) is 5.73 Å². The van der Waals surface area contributed by atoms with E-state index in [9.17, 15) is 23.8 Å². The van der Waals surface area contributed by atoms with Gasteiger partial charge in [0.25, 0.3) is 0 Å². The monoisotopic (exact) mass is 760 g/mol. The smallest absolute Gasteiger partial charge is 0.472 e. The number of phosphoric acid groups is 1. The highest BCUT2D eigenvalue weighted by Gasteiger charge is 2.28. The summed E-state index contributed by atoms with van der Waals surface area (Å²) in [5, 5.41) is 8.87. The van der Waals surface area contributed by atoms with Gasteiger partial charge in [0.15, 0.2) is 6.10 Å². The SMILES string of the molecule is CCCCC/C=C\C/C=C\CCCCCCCCCC(=O)O[C@H](COC(=O)CCCCCCCCCCCCC)COP(=O)(O)OC[C@H](N)C(=O)O. The molecule has 4 N–H and O–H groups in total. The Kier molecular flexibility index (Phi) is 34.6. The molecule has 0 aromatic carbocycles. The molecule has 1 unspecified atom stereocenters. The number of esters is 2. The molecule has 3 atom stereocenters. The van der Waals surface area contributed by atoms with Crippen LogP contribution in [0.5, 0.6) is 0 Å². The summed E-state index contributed by atoms with van der Waals surface area (Å²) in [4.78, 5) is 45.8. The molecule has 0 heterocycles. The van der Waals surface area contributed by atoms with E-state index < -0.39 is 51.1 Å². The summed E-state index contributed by atoms with van der Waals surface area (Å²) in [6.45, 7) is 2.75. The fraction of sp³-hybridized carbons (Fsp3) is 0.825. The van der Waals surface area contributed by atoms with E-state index in [1.165, 1.54) is 83.5 Å². The highest BCUT2D eigenvalue weighted by molar-refractivity contribution is 7.47. The average Bonchev–Trinajstić information content (AvgIpc) is 3.12. The highest BCUT2D eigenvalue weighted by atomic mass is 31.2. The van der Waals surface area contributed by atoms with Crippen LogP contribution in [-0.4, -0.2) is 59.9 Å². The maximum Gasteiger partial charge on any atom is 0.472 e. The molecule has 0 rings (SSSR count). The van der Waals surface area contributed by atoms with Gasteiger partial charge in [0.2, 0.25) is 0 Å². The number of carbonyl (C=O) groups is 3. The van der Waals surface area contributed by atoms with E-state index in [1.54, 1.807) is 0 Å². The van der Waals surface area contributed by atoms with Crippen LogP contribution in [-0.2, 0) is 37.5 Å². The first-order valence-electron chi connectivity index (χ1n) is 20.4. The van der Waals surface area contributed by atoms with Crippen molar-refractivity contribution in [2.75, 3.05) is 19.8 Å². The van der Waals surface area contributed by atoms with Gasteiger partial charge in [-0.15, -0.1) is 0 Å². The minimum atomic E-state index is -4.71. The Balaban J connectivity index is 4.39. The molecule has 0 spiro atoms. The first-order chi connectivity index (χ1) is 25.1. The van der Waals surface area contributed by atoms with Crippen LogP contribution in [0.3, 0.4) is 0 Å². The van der Waals surface area contributed by atoms with Crippen molar-refractivity contribution in [2.45, 2.75) is 193 Å². The van der Waals surface area contributed by atoms with Gasteiger partial charge in [-0.1, -0.05) is 147 Å². The molecular weight excluding hydrogens is 685 g/mol. The van der Waals surface area contributed by atoms with E-state index in [0.29, 0.717) is 12.8 Å². The molecule has 12 heteroatoms. The number of carboxylic acids is 1. The predicted molar refractivity (Wildman–Crippen MR) is 208 cm³/mol. The second-order valence-electron chi connectivity index (χ2n) is 13.8. The normalized spacial score (nSPS) is 14.1. The Hall–Kier alpha value is -2.04. The number of allylic oxidation sites excluding steroid dienone is 4. The Morgan fingerprint density at radius 3 is 1.54 bits per heavy atom. The highest BCUT2D eigenvalue weighted by Crippen LogP contribution is 2.43. The summed E-state index contributed by atoms with van der Waals surface area (Å²) >= 11 is 0. The lowest BCUT2D eigenvalue weighted by molar-refractivity contribution is -0.161. The third-order valence-electron chi connectivity index (χ3n) is 8.70. The summed E-state index contributed by atoms with van der Waals surface area (Å²) in [5.41, 5.74) is 5.32. The number of aliphatic carboxylic acids is 1. The van der Waals surface area contributed by atoms with Crippen molar-refractivity contribution < 1.29 is 47.5 Å². The van der Waals surface area contributed by atoms with Crippen molar-refractivity contribution in [3.63, 3.8) is 0 Å². The van der Waals surface area contributed by atoms with Crippen molar-refractivity contribution in [3.05, 3.63) is 24.3 Å². The van der Waals surface area contributed by atoms with Crippen LogP contribution in [0.4, 0.5) is 0 Å². The molecular formula is C40H74NO10P. The summed E-state index contributed by atoms with van der Waals surface area (Å²) in [6, 6.07) is -1.52. The Bertz CT molecular complexity index is 989. The first-order valence-corrected chi connectivity index (χ1v) is 21.9. The zero-order valence-corrected chi connectivity index (χ0v) is 33.5. The zero-order chi connectivity index (χ0) is 38.5. The van der Waals surface area contributed by atoms with Crippen molar-refractivity contribution in [1.82, 2.24) is 0 Å². The minimum absolute atomic E-state index is 0.155. The van der Waals surface area contributed by atoms with E-state index in [1.807, 2.05) is 0 Å². The Morgan fingerprint density at radius 2 is 1.02 bits per heavy atom. The maximum atomic E-state index is 12.6. The maximum absolute atomic E-state index is 12.6. The molecule has 0 amide bonds. The standard InChI is InChI=1S/C40H74NO10P/c1-3-5-7-9-11-13-15-16-17-18-19-20-22-24-26-28-30-32-39(43)51-36(34-49-52(46,47)50-35-37(41)40(44)45)33-48-38(42)31-29-27-25-23-21-14-12-10-8-6-4-2/h11,13,16-17,36-37H,3-10,12,14-15,18-35,41H2,1-2H3,(H,44,45)(H,46,47)/b13-11-,17-16-/t36-,37+/m1/s1. The number of unbranched alkanes of at least 4 members (excludes halogenated alkanes) is 20. The molecule has 0 aliphatic heterocycles. The van der Waals surface area contributed by atoms with Crippen LogP contribution in [0.2, 0.25) is 0 Å². The molecule has 0 aromatic rings. The van der Waals surface area contributed by atoms with Crippen LogP contribution in [0.1, 0.15) is 181 Å². The fourth-order valence-electron chi connectivity index (χ4n) is 5.45. The van der Waals surface area contributed by atoms with Gasteiger partial charge in [0, 0.05) is 12.8 Å². The van der Waals surface area contributed by atoms with E-state index >= 15 is 0 Å². The van der Waals surface area contributed by atoms with Crippen molar-refractivity contribution in [1.29, 1.82) is 0 Å². The summed E-state index contributed by atoms with van der Waals surface area (Å²) < 4.78 is 32.6. The quantitative estimate of drug-likeness (QED) is 0.0237. The molecule has 0 aliphatic carbocycles. The topological polar surface area (TPSA) is 172 Å². The van der Waals surface area contributed by atoms with E-state index in [2.05, 4.69) is 42.7 Å². The molecule has 0 aromatic heterocycles. The molecule has 0 saturated heterocycles. The molecule has 304 valence electrons. The second-order valence-corrected chi connectivity index (χ2v) is 15.2. The van der Waals surface area contributed by atoms with E-state index in [-0.39, 0.29) is 19.4 Å². The molecule has 52 heavy (non-hydrogen) atoms. The zero-order valence-electron chi connectivity index (χ0n) is 32.7. The van der Waals surface area contributed by atoms with Gasteiger partial charge >= 0.3 is 25.7 Å². The predicted octanol–water partition coefficient (Wildman–Crippen LogP) is 10.3. The second kappa shape index (κ2) is 36.0. The third kappa shape index (κ3) is 35.0. The molecule has 0 aliphatic rings. The molecule has 0 saturated carbocycles. The van der Waals surface area contributed by atoms with Gasteiger partial charge in [-0.3, -0.25) is 23.4 Å². The van der Waals surface area contributed by atoms with E-state index in [4.69, 9.17) is 24.8 Å². The van der Waals surface area contributed by atoms with Gasteiger partial charge in [0.1, 0.15) is 12.6 Å². The number of rotatable bonds is 38. The number of carbonyl (C=O) groups excluding carboxylic acids is 2. The van der Waals surface area contributed by atoms with Crippen LogP contribution in [0.15, 0.2) is 24.3 Å². The lowest BCUT2D eigenvalue weighted by atomic mass is 10.1. The van der Waals surface area contributed by atoms with Crippen molar-refractivity contribution in [3.8, 4) is 0 Å². The summed E-state index contributed by atoms with van der Waals surface area (Å²) in [6.07, 6.45) is 35.3. The molecule has 0 radical (unpaired) electrons. The van der Waals surface area contributed by atoms with Crippen molar-refractivity contribution >= 4 is 25.7 Å². The van der Waals surface area contributed by atoms with Gasteiger partial charge < -0.3 is 25.2 Å². The van der Waals surface area contributed by atoms with Gasteiger partial charge in [-0.2, -0.15) is 0 Å². The number of phosphoric ester groups is 1. The van der Waals surface area contributed by atoms with Crippen LogP contribution < -0.4 is 5.73 Å². The lowest BCUT2D eigenvalue weighted by Gasteiger charge is -2.20. The number of hydrogen-bond donors (Lipinski definition) is 3. The van der Waals surface area contributed by atoms with E-state index in [0.717, 1.165) is 57.8 Å². The number of hydrogen-bond acceptors (Lipinski definition) is 9. The molecule has 0 bridgehead atoms. The summed E-state index contributed by atoms with van der Waals surface area (Å²) in [7, 11) is -4.71. The van der Waals surface area contributed by atoms with Crippen LogP contribution in [0, 0.1) is 0 Å². The summed E-state index contributed by atoms with van der Waals surface area (Å²) in [5.74, 6) is -2.38. The van der Waals surface area contributed by atoms with Gasteiger partial charge in [-0.05, 0) is 44.9 Å². The number of ether oxygens (including phenoxy) is 2. The largest absolute Gasteiger partial charge is 0.480 e. The molecule has 11 nitrogen and oxygen atoms in total. The fourth-order valence-corrected chi connectivity index (χ4v) is 6.23. The third-order valence-corrected chi connectivity index (χ3v) is 9.65. The Morgan fingerprint density at radius 1 is 0.596 bits per heavy atom. The lowest BCUT2D eigenvalue weighted by Crippen LogP contribution is -2.34. The minimum Gasteiger partial charge on any atom is -0.480 e. The first kappa shape index (κ1) is 50.0.